The molecule has 17 heavy (non-hydrogen) atoms. The van der Waals surface area contributed by atoms with E-state index in [1.807, 2.05) is 0 Å². The van der Waals surface area contributed by atoms with Crippen LogP contribution in [0.1, 0.15) is 18.4 Å². The number of hydroxylamine groups is 2. The maximum atomic E-state index is 9.46. The topological polar surface area (TPSA) is 56.1 Å². The molecule has 1 fully saturated rings. The van der Waals surface area contributed by atoms with E-state index in [1.54, 1.807) is 18.2 Å². The van der Waals surface area contributed by atoms with E-state index in [0.29, 0.717) is 10.0 Å². The first-order valence-corrected chi connectivity index (χ1v) is 5.87. The van der Waals surface area contributed by atoms with Crippen LogP contribution in [-0.4, -0.2) is 28.4 Å². The Bertz CT molecular complexity index is 450. The monoisotopic (exact) mass is 274 g/mol. The minimum absolute atomic E-state index is 0.204. The lowest BCUT2D eigenvalue weighted by Crippen LogP contribution is -2.34. The molecule has 6 heteroatoms. The van der Waals surface area contributed by atoms with Gasteiger partial charge in [-0.05, 0) is 36.6 Å². The third-order valence-electron chi connectivity index (χ3n) is 2.99. The van der Waals surface area contributed by atoms with Crippen molar-refractivity contribution in [2.45, 2.75) is 18.3 Å². The van der Waals surface area contributed by atoms with Crippen LogP contribution >= 0.6 is 23.2 Å². The fraction of sp³-hybridized carbons (Fsp3) is 0.364. The number of halogens is 2. The van der Waals surface area contributed by atoms with Gasteiger partial charge in [0.05, 0.1) is 5.41 Å². The second-order valence-corrected chi connectivity index (χ2v) is 5.06. The highest BCUT2D eigenvalue weighted by Gasteiger charge is 2.51. The first-order chi connectivity index (χ1) is 7.99. The average Bonchev–Trinajstić information content (AvgIpc) is 2.98. The van der Waals surface area contributed by atoms with Gasteiger partial charge in [0.2, 0.25) is 0 Å². The molecule has 1 aliphatic carbocycles. The predicted molar refractivity (Wildman–Crippen MR) is 66.1 cm³/mol. The quantitative estimate of drug-likeness (QED) is 0.377. The van der Waals surface area contributed by atoms with E-state index in [-0.39, 0.29) is 5.84 Å². The molecule has 92 valence electrons. The molecule has 0 unspecified atom stereocenters. The van der Waals surface area contributed by atoms with Crippen molar-refractivity contribution in [2.75, 3.05) is 7.05 Å². The number of benzene rings is 1. The molecule has 0 atom stereocenters. The molecule has 0 saturated heterocycles. The molecule has 0 amide bonds. The van der Waals surface area contributed by atoms with Crippen molar-refractivity contribution < 1.29 is 10.4 Å². The standard InChI is InChI=1S/C11H12Cl2N2O2/c1-15(17)10(14-16)11(2-3-11)7-4-8(12)6-9(13)5-7/h4-6,16-17H,2-3H2,1H3/b14-10-. The summed E-state index contributed by atoms with van der Waals surface area (Å²) in [5.74, 6) is 0.204. The van der Waals surface area contributed by atoms with Crippen LogP contribution < -0.4 is 0 Å². The summed E-state index contributed by atoms with van der Waals surface area (Å²) in [5, 5.41) is 23.5. The molecule has 0 aromatic heterocycles. The van der Waals surface area contributed by atoms with Crippen molar-refractivity contribution in [3.63, 3.8) is 0 Å². The Kier molecular flexibility index (Phi) is 3.21. The minimum Gasteiger partial charge on any atom is -0.409 e. The van der Waals surface area contributed by atoms with Gasteiger partial charge in [-0.15, -0.1) is 0 Å². The summed E-state index contributed by atoms with van der Waals surface area (Å²) >= 11 is 11.9. The molecule has 0 aliphatic heterocycles. The van der Waals surface area contributed by atoms with Crippen molar-refractivity contribution in [1.82, 2.24) is 5.06 Å². The molecule has 2 rings (SSSR count). The highest BCUT2D eigenvalue weighted by molar-refractivity contribution is 6.34. The smallest absolute Gasteiger partial charge is 0.178 e. The van der Waals surface area contributed by atoms with E-state index < -0.39 is 5.41 Å². The summed E-state index contributed by atoms with van der Waals surface area (Å²) in [6.07, 6.45) is 1.57. The van der Waals surface area contributed by atoms with Crippen LogP contribution in [0.2, 0.25) is 10.0 Å². The van der Waals surface area contributed by atoms with E-state index >= 15 is 0 Å². The summed E-state index contributed by atoms with van der Waals surface area (Å²) in [7, 11) is 1.42. The van der Waals surface area contributed by atoms with Gasteiger partial charge in [-0.1, -0.05) is 28.4 Å². The van der Waals surface area contributed by atoms with Gasteiger partial charge in [0.25, 0.3) is 0 Å². The van der Waals surface area contributed by atoms with E-state index in [9.17, 15) is 5.21 Å². The largest absolute Gasteiger partial charge is 0.409 e. The molecule has 2 N–H and O–H groups in total. The lowest BCUT2D eigenvalue weighted by molar-refractivity contribution is 0.00497. The molecule has 1 aromatic rings. The lowest BCUT2D eigenvalue weighted by atomic mass is 9.94. The van der Waals surface area contributed by atoms with E-state index in [1.165, 1.54) is 7.05 Å². The van der Waals surface area contributed by atoms with Crippen LogP contribution in [0.25, 0.3) is 0 Å². The first kappa shape index (κ1) is 12.5. The third kappa shape index (κ3) is 2.20. The molecule has 1 aromatic carbocycles. The molecule has 0 radical (unpaired) electrons. The van der Waals surface area contributed by atoms with Crippen LogP contribution in [0.4, 0.5) is 0 Å². The molecule has 1 aliphatic rings. The van der Waals surface area contributed by atoms with E-state index in [0.717, 1.165) is 23.5 Å². The van der Waals surface area contributed by atoms with Crippen molar-refractivity contribution in [1.29, 1.82) is 0 Å². The van der Waals surface area contributed by atoms with Crippen molar-refractivity contribution in [3.05, 3.63) is 33.8 Å². The second kappa shape index (κ2) is 4.37. The number of amidine groups is 1. The van der Waals surface area contributed by atoms with Gasteiger partial charge < -0.3 is 5.21 Å². The zero-order valence-electron chi connectivity index (χ0n) is 9.19. The minimum atomic E-state index is -0.479. The summed E-state index contributed by atoms with van der Waals surface area (Å²) in [5.41, 5.74) is 0.371. The SMILES string of the molecule is CN(O)/C(=N\O)C1(c2cc(Cl)cc(Cl)c2)CC1. The summed E-state index contributed by atoms with van der Waals surface area (Å²) in [6, 6.07) is 5.19. The van der Waals surface area contributed by atoms with Crippen LogP contribution in [-0.2, 0) is 5.41 Å². The highest BCUT2D eigenvalue weighted by Crippen LogP contribution is 2.50. The summed E-state index contributed by atoms with van der Waals surface area (Å²) < 4.78 is 0. The van der Waals surface area contributed by atoms with Crippen molar-refractivity contribution >= 4 is 29.0 Å². The Hall–Kier alpha value is -0.970. The predicted octanol–water partition coefficient (Wildman–Crippen LogP) is 3.13. The van der Waals surface area contributed by atoms with Gasteiger partial charge >= 0.3 is 0 Å². The summed E-state index contributed by atoms with van der Waals surface area (Å²) in [4.78, 5) is 0. The maximum absolute atomic E-state index is 9.46. The number of hydrogen-bond acceptors (Lipinski definition) is 3. The molecule has 4 nitrogen and oxygen atoms in total. The first-order valence-electron chi connectivity index (χ1n) is 5.11. The fourth-order valence-electron chi connectivity index (χ4n) is 2.07. The Balaban J connectivity index is 2.45. The zero-order valence-corrected chi connectivity index (χ0v) is 10.7. The Morgan fingerprint density at radius 1 is 1.29 bits per heavy atom. The van der Waals surface area contributed by atoms with Crippen LogP contribution in [0.5, 0.6) is 0 Å². The highest BCUT2D eigenvalue weighted by atomic mass is 35.5. The maximum Gasteiger partial charge on any atom is 0.178 e. The lowest BCUT2D eigenvalue weighted by Gasteiger charge is -2.22. The molecule has 0 bridgehead atoms. The number of likely N-dealkylation sites (N-methyl/N-ethyl adjacent to an activating group) is 1. The molecular weight excluding hydrogens is 263 g/mol. The Labute approximate surface area is 109 Å². The van der Waals surface area contributed by atoms with Gasteiger partial charge in [0, 0.05) is 17.1 Å². The average molecular weight is 275 g/mol. The van der Waals surface area contributed by atoms with Crippen molar-refractivity contribution in [3.8, 4) is 0 Å². The fourth-order valence-corrected chi connectivity index (χ4v) is 2.59. The normalized spacial score (nSPS) is 18.0. The molecule has 0 heterocycles. The number of oxime groups is 1. The number of hydrogen-bond donors (Lipinski definition) is 2. The third-order valence-corrected chi connectivity index (χ3v) is 3.43. The zero-order chi connectivity index (χ0) is 12.6. The van der Waals surface area contributed by atoms with Gasteiger partial charge in [-0.25, -0.2) is 5.06 Å². The van der Waals surface area contributed by atoms with Crippen LogP contribution in [0.3, 0.4) is 0 Å². The van der Waals surface area contributed by atoms with Crippen LogP contribution in [0.15, 0.2) is 23.4 Å². The van der Waals surface area contributed by atoms with Gasteiger partial charge in [-0.2, -0.15) is 0 Å². The molecular formula is C11H12Cl2N2O2. The van der Waals surface area contributed by atoms with Gasteiger partial charge in [-0.3, -0.25) is 5.21 Å². The second-order valence-electron chi connectivity index (χ2n) is 4.19. The number of rotatable bonds is 2. The Morgan fingerprint density at radius 2 is 1.82 bits per heavy atom. The van der Waals surface area contributed by atoms with Gasteiger partial charge in [0.1, 0.15) is 0 Å². The summed E-state index contributed by atoms with van der Waals surface area (Å²) in [6.45, 7) is 0. The van der Waals surface area contributed by atoms with E-state index in [4.69, 9.17) is 28.4 Å². The molecule has 1 saturated carbocycles. The van der Waals surface area contributed by atoms with Crippen LogP contribution in [0, 0.1) is 0 Å². The number of nitrogens with zero attached hydrogens (tertiary/aromatic N) is 2. The Morgan fingerprint density at radius 3 is 2.18 bits per heavy atom. The molecule has 0 spiro atoms. The van der Waals surface area contributed by atoms with Gasteiger partial charge in [0.15, 0.2) is 5.84 Å². The van der Waals surface area contributed by atoms with E-state index in [2.05, 4.69) is 5.16 Å². The van der Waals surface area contributed by atoms with Crippen molar-refractivity contribution in [2.24, 2.45) is 5.16 Å².